The first-order chi connectivity index (χ1) is 17.8. The van der Waals surface area contributed by atoms with Crippen LogP contribution in [0, 0.1) is 5.92 Å². The van der Waals surface area contributed by atoms with Gasteiger partial charge in [-0.15, -0.1) is 0 Å². The van der Waals surface area contributed by atoms with Gasteiger partial charge in [0.25, 0.3) is 0 Å². The second kappa shape index (κ2) is 16.2. The predicted molar refractivity (Wildman–Crippen MR) is 138 cm³/mol. The number of aromatic hydroxyl groups is 1. The number of carboxylic acid groups (broad SMARTS) is 2. The molecule has 0 bridgehead atoms. The minimum Gasteiger partial charge on any atom is -0.508 e. The fourth-order valence-electron chi connectivity index (χ4n) is 3.65. The number of benzene rings is 1. The van der Waals surface area contributed by atoms with Crippen LogP contribution < -0.4 is 27.4 Å². The number of amides is 3. The molecular weight excluding hydrogens is 498 g/mol. The molecule has 0 saturated carbocycles. The molecule has 1 rings (SSSR count). The minimum atomic E-state index is -1.61. The number of unbranched alkanes of at least 4 members (excludes halogenated alkanes) is 1. The van der Waals surface area contributed by atoms with E-state index in [0.717, 1.165) is 0 Å². The smallest absolute Gasteiger partial charge is 0.326 e. The number of phenolic OH excluding ortho intramolecular Hbond substituents is 1. The third-order valence-electron chi connectivity index (χ3n) is 5.64. The van der Waals surface area contributed by atoms with Gasteiger partial charge in [0.05, 0.1) is 12.5 Å². The van der Waals surface area contributed by atoms with Crippen molar-refractivity contribution >= 4 is 29.7 Å². The van der Waals surface area contributed by atoms with Crippen LogP contribution in [-0.2, 0) is 30.4 Å². The van der Waals surface area contributed by atoms with E-state index in [1.165, 1.54) is 24.3 Å². The zero-order valence-electron chi connectivity index (χ0n) is 21.7. The molecule has 4 atom stereocenters. The monoisotopic (exact) mass is 537 g/mol. The molecule has 10 N–H and O–H groups in total. The standard InChI is InChI=1S/C25H39N5O8/c1-14(2)11-17(27)22(34)28-18(5-3-4-10-26)23(35)29-19(13-21(32)33)24(36)30-20(25(37)38)12-15-6-8-16(31)9-7-15/h6-9,14,17-20,31H,3-5,10-13,26-27H2,1-2H3,(H,28,34)(H,29,35)(H,30,36)(H,32,33)(H,37,38). The number of aliphatic carboxylic acids is 2. The van der Waals surface area contributed by atoms with Crippen LogP contribution in [-0.4, -0.2) is 75.7 Å². The molecule has 0 heterocycles. The van der Waals surface area contributed by atoms with Crippen LogP contribution in [0.1, 0.15) is 51.5 Å². The lowest BCUT2D eigenvalue weighted by Crippen LogP contribution is -2.57. The molecule has 1 aromatic rings. The molecule has 0 saturated heterocycles. The second-order valence-corrected chi connectivity index (χ2v) is 9.51. The molecule has 13 nitrogen and oxygen atoms in total. The molecule has 212 valence electrons. The van der Waals surface area contributed by atoms with Crippen LogP contribution in [0.4, 0.5) is 0 Å². The first-order valence-electron chi connectivity index (χ1n) is 12.4. The van der Waals surface area contributed by atoms with E-state index in [9.17, 15) is 39.3 Å². The van der Waals surface area contributed by atoms with Crippen molar-refractivity contribution in [2.45, 2.75) is 76.5 Å². The summed E-state index contributed by atoms with van der Waals surface area (Å²) in [4.78, 5) is 61.7. The number of carboxylic acids is 2. The highest BCUT2D eigenvalue weighted by Gasteiger charge is 2.31. The Kier molecular flexibility index (Phi) is 13.8. The molecule has 4 unspecified atom stereocenters. The Morgan fingerprint density at radius 1 is 0.842 bits per heavy atom. The van der Waals surface area contributed by atoms with Gasteiger partial charge in [-0.3, -0.25) is 19.2 Å². The summed E-state index contributed by atoms with van der Waals surface area (Å²) in [5, 5.41) is 35.4. The van der Waals surface area contributed by atoms with Gasteiger partial charge in [0.1, 0.15) is 23.9 Å². The lowest BCUT2D eigenvalue weighted by Gasteiger charge is -2.25. The maximum Gasteiger partial charge on any atom is 0.326 e. The average molecular weight is 538 g/mol. The van der Waals surface area contributed by atoms with E-state index in [1.54, 1.807) is 0 Å². The summed E-state index contributed by atoms with van der Waals surface area (Å²) in [6.07, 6.45) is 0.611. The number of hydrogen-bond donors (Lipinski definition) is 8. The SMILES string of the molecule is CC(C)CC(N)C(=O)NC(CCCCN)C(=O)NC(CC(=O)O)C(=O)NC(Cc1ccc(O)cc1)C(=O)O. The number of phenols is 1. The van der Waals surface area contributed by atoms with Gasteiger partial charge in [-0.25, -0.2) is 4.79 Å². The van der Waals surface area contributed by atoms with Gasteiger partial charge in [-0.1, -0.05) is 26.0 Å². The Morgan fingerprint density at radius 3 is 1.92 bits per heavy atom. The van der Waals surface area contributed by atoms with E-state index in [0.29, 0.717) is 31.4 Å². The minimum absolute atomic E-state index is 0.0211. The summed E-state index contributed by atoms with van der Waals surface area (Å²) in [6.45, 7) is 4.14. The van der Waals surface area contributed by atoms with Gasteiger partial charge in [0.2, 0.25) is 17.7 Å². The van der Waals surface area contributed by atoms with Crippen molar-refractivity contribution in [1.29, 1.82) is 0 Å². The molecule has 0 aliphatic rings. The van der Waals surface area contributed by atoms with Crippen LogP contribution in [0.3, 0.4) is 0 Å². The van der Waals surface area contributed by atoms with Crippen molar-refractivity contribution in [3.63, 3.8) is 0 Å². The van der Waals surface area contributed by atoms with Gasteiger partial charge >= 0.3 is 11.9 Å². The number of nitrogens with two attached hydrogens (primary N) is 2. The molecule has 13 heteroatoms. The molecule has 0 aromatic heterocycles. The van der Waals surface area contributed by atoms with Gasteiger partial charge in [0, 0.05) is 6.42 Å². The van der Waals surface area contributed by atoms with Crippen LogP contribution >= 0.6 is 0 Å². The van der Waals surface area contributed by atoms with E-state index in [-0.39, 0.29) is 24.5 Å². The molecule has 38 heavy (non-hydrogen) atoms. The van der Waals surface area contributed by atoms with Crippen molar-refractivity contribution in [2.75, 3.05) is 6.54 Å². The van der Waals surface area contributed by atoms with Crippen LogP contribution in [0.15, 0.2) is 24.3 Å². The molecule has 0 radical (unpaired) electrons. The summed E-state index contributed by atoms with van der Waals surface area (Å²) < 4.78 is 0. The first kappa shape index (κ1) is 32.3. The number of nitrogens with one attached hydrogen (secondary N) is 3. The van der Waals surface area contributed by atoms with Crippen LogP contribution in [0.25, 0.3) is 0 Å². The van der Waals surface area contributed by atoms with Gasteiger partial charge in [-0.2, -0.15) is 0 Å². The van der Waals surface area contributed by atoms with E-state index < -0.39 is 60.2 Å². The average Bonchev–Trinajstić information content (AvgIpc) is 2.82. The molecule has 0 fully saturated rings. The van der Waals surface area contributed by atoms with Crippen molar-refractivity contribution in [3.8, 4) is 5.75 Å². The molecule has 3 amide bonds. The quantitative estimate of drug-likeness (QED) is 0.118. The fourth-order valence-corrected chi connectivity index (χ4v) is 3.65. The van der Waals surface area contributed by atoms with Crippen molar-refractivity contribution in [3.05, 3.63) is 29.8 Å². The van der Waals surface area contributed by atoms with Gasteiger partial charge in [0.15, 0.2) is 0 Å². The molecule has 0 spiro atoms. The van der Waals surface area contributed by atoms with Crippen molar-refractivity contribution in [2.24, 2.45) is 17.4 Å². The Bertz CT molecular complexity index is 954. The highest BCUT2D eigenvalue weighted by atomic mass is 16.4. The summed E-state index contributed by atoms with van der Waals surface area (Å²) in [7, 11) is 0. The van der Waals surface area contributed by atoms with E-state index in [1.807, 2.05) is 13.8 Å². The van der Waals surface area contributed by atoms with Gasteiger partial charge < -0.3 is 42.7 Å². The largest absolute Gasteiger partial charge is 0.508 e. The number of hydrogen-bond acceptors (Lipinski definition) is 8. The maximum atomic E-state index is 13.0. The topological polar surface area (TPSA) is 234 Å². The molecular formula is C25H39N5O8. The highest BCUT2D eigenvalue weighted by molar-refractivity contribution is 5.95. The van der Waals surface area contributed by atoms with Crippen molar-refractivity contribution in [1.82, 2.24) is 16.0 Å². The maximum absolute atomic E-state index is 13.0. The molecule has 1 aromatic carbocycles. The summed E-state index contributed by atoms with van der Waals surface area (Å²) >= 11 is 0. The van der Waals surface area contributed by atoms with Gasteiger partial charge in [-0.05, 0) is 55.8 Å². The van der Waals surface area contributed by atoms with Crippen LogP contribution in [0.2, 0.25) is 0 Å². The summed E-state index contributed by atoms with van der Waals surface area (Å²) in [5.41, 5.74) is 11.9. The lowest BCUT2D eigenvalue weighted by molar-refractivity contribution is -0.143. The lowest BCUT2D eigenvalue weighted by atomic mass is 10.0. The number of carbonyl (C=O) groups excluding carboxylic acids is 3. The van der Waals surface area contributed by atoms with E-state index in [2.05, 4.69) is 16.0 Å². The molecule has 0 aliphatic heterocycles. The third-order valence-corrected chi connectivity index (χ3v) is 5.64. The van der Waals surface area contributed by atoms with Crippen molar-refractivity contribution < 1.29 is 39.3 Å². The highest BCUT2D eigenvalue weighted by Crippen LogP contribution is 2.12. The Hall–Kier alpha value is -3.71. The zero-order valence-corrected chi connectivity index (χ0v) is 21.7. The Labute approximate surface area is 221 Å². The number of carbonyl (C=O) groups is 5. The summed E-state index contributed by atoms with van der Waals surface area (Å²) in [6, 6.07) is 0.650. The van der Waals surface area contributed by atoms with E-state index in [4.69, 9.17) is 11.5 Å². The Balaban J connectivity index is 3.02. The van der Waals surface area contributed by atoms with Crippen LogP contribution in [0.5, 0.6) is 5.75 Å². The third kappa shape index (κ3) is 12.0. The molecule has 0 aliphatic carbocycles. The normalized spacial score (nSPS) is 14.1. The Morgan fingerprint density at radius 2 is 1.39 bits per heavy atom. The van der Waals surface area contributed by atoms with E-state index >= 15 is 0 Å². The first-order valence-corrected chi connectivity index (χ1v) is 12.4. The zero-order chi connectivity index (χ0) is 28.8. The second-order valence-electron chi connectivity index (χ2n) is 9.51. The number of rotatable bonds is 17. The summed E-state index contributed by atoms with van der Waals surface area (Å²) in [5.74, 6) is -5.06. The fraction of sp³-hybridized carbons (Fsp3) is 0.560. The predicted octanol–water partition coefficient (Wildman–Crippen LogP) is -0.549.